The van der Waals surface area contributed by atoms with Crippen molar-refractivity contribution in [2.45, 2.75) is 25.9 Å². The summed E-state index contributed by atoms with van der Waals surface area (Å²) >= 11 is 6.28. The van der Waals surface area contributed by atoms with E-state index in [9.17, 15) is 4.79 Å². The Hall–Kier alpha value is -2.27. The molecule has 1 amide bonds. The first kappa shape index (κ1) is 25.0. The van der Waals surface area contributed by atoms with E-state index in [1.54, 1.807) is 12.3 Å². The number of amides is 1. The Labute approximate surface area is 204 Å². The summed E-state index contributed by atoms with van der Waals surface area (Å²) in [5.41, 5.74) is 6.10. The number of carbonyl (C=O) groups excluding carboxylic acids is 1. The van der Waals surface area contributed by atoms with E-state index < -0.39 is 5.91 Å². The Kier molecular flexibility index (Phi) is 10.1. The number of aliphatic imine (C=N–C) groups is 1. The van der Waals surface area contributed by atoms with Crippen LogP contribution < -0.4 is 26.0 Å². The number of carbonyl (C=O) groups is 1. The molecule has 0 aliphatic carbocycles. The summed E-state index contributed by atoms with van der Waals surface area (Å²) in [5, 5.41) is 7.45. The number of primary amides is 1. The molecule has 1 aromatic carbocycles. The predicted octanol–water partition coefficient (Wildman–Crippen LogP) is 2.55. The lowest BCUT2D eigenvalue weighted by Gasteiger charge is -2.20. The van der Waals surface area contributed by atoms with Crippen molar-refractivity contribution < 1.29 is 9.53 Å². The van der Waals surface area contributed by atoms with Crippen molar-refractivity contribution in [3.63, 3.8) is 0 Å². The van der Waals surface area contributed by atoms with Crippen molar-refractivity contribution in [1.29, 1.82) is 0 Å². The Bertz CT molecular complexity index is 898. The van der Waals surface area contributed by atoms with Gasteiger partial charge >= 0.3 is 0 Å². The van der Waals surface area contributed by atoms with Crippen molar-refractivity contribution in [2.75, 3.05) is 31.1 Å². The number of hydrogen-bond acceptors (Lipinski definition) is 5. The number of aromatic nitrogens is 1. The van der Waals surface area contributed by atoms with Gasteiger partial charge in [0.05, 0.1) is 11.6 Å². The molecule has 2 aromatic rings. The minimum atomic E-state index is -0.505. The van der Waals surface area contributed by atoms with Gasteiger partial charge in [0.1, 0.15) is 11.6 Å². The number of guanidine groups is 1. The monoisotopic (exact) mass is 558 g/mol. The standard InChI is InChI=1S/C21H27ClN6O2.HI/c1-2-24-21(26-12-15-5-3-6-17(11-15)30-14-19(23)29)27-16-8-10-28(13-16)20-18(22)7-4-9-25-20;/h3-7,9,11,16H,2,8,10,12-14H2,1H3,(H2,23,29)(H2,24,26,27);1H. The van der Waals surface area contributed by atoms with Crippen LogP contribution in [0.2, 0.25) is 5.02 Å². The largest absolute Gasteiger partial charge is 0.484 e. The lowest BCUT2D eigenvalue weighted by Crippen LogP contribution is -2.44. The molecule has 168 valence electrons. The summed E-state index contributed by atoms with van der Waals surface area (Å²) < 4.78 is 5.36. The van der Waals surface area contributed by atoms with Crippen LogP contribution in [-0.4, -0.2) is 49.1 Å². The highest BCUT2D eigenvalue weighted by atomic mass is 127. The molecular weight excluding hydrogens is 531 g/mol. The molecule has 1 saturated heterocycles. The van der Waals surface area contributed by atoms with Gasteiger partial charge in [0, 0.05) is 31.9 Å². The van der Waals surface area contributed by atoms with E-state index in [1.165, 1.54) is 0 Å². The van der Waals surface area contributed by atoms with Crippen LogP contribution in [0.5, 0.6) is 5.75 Å². The third-order valence-electron chi connectivity index (χ3n) is 4.61. The molecule has 1 fully saturated rings. The molecule has 31 heavy (non-hydrogen) atoms. The number of anilines is 1. The molecule has 0 spiro atoms. The molecule has 2 heterocycles. The minimum absolute atomic E-state index is 0. The van der Waals surface area contributed by atoms with Crippen LogP contribution in [0.25, 0.3) is 0 Å². The third-order valence-corrected chi connectivity index (χ3v) is 4.91. The maximum atomic E-state index is 10.9. The van der Waals surface area contributed by atoms with Gasteiger partial charge in [-0.1, -0.05) is 23.7 Å². The van der Waals surface area contributed by atoms with E-state index in [2.05, 4.69) is 25.5 Å². The van der Waals surface area contributed by atoms with Crippen molar-refractivity contribution in [3.05, 3.63) is 53.2 Å². The zero-order chi connectivity index (χ0) is 21.3. The van der Waals surface area contributed by atoms with E-state index in [-0.39, 0.29) is 36.6 Å². The molecule has 0 radical (unpaired) electrons. The van der Waals surface area contributed by atoms with Gasteiger partial charge in [-0.2, -0.15) is 0 Å². The van der Waals surface area contributed by atoms with Crippen LogP contribution >= 0.6 is 35.6 Å². The molecule has 10 heteroatoms. The number of ether oxygens (including phenoxy) is 1. The van der Waals surface area contributed by atoms with Crippen molar-refractivity contribution >= 4 is 53.3 Å². The van der Waals surface area contributed by atoms with Crippen LogP contribution in [0.1, 0.15) is 18.9 Å². The number of nitrogens with one attached hydrogen (secondary N) is 2. The maximum Gasteiger partial charge on any atom is 0.255 e. The number of pyridine rings is 1. The van der Waals surface area contributed by atoms with Gasteiger partial charge in [0.15, 0.2) is 12.6 Å². The van der Waals surface area contributed by atoms with E-state index in [1.807, 2.05) is 37.3 Å². The van der Waals surface area contributed by atoms with Gasteiger partial charge in [-0.05, 0) is 43.2 Å². The number of nitrogens with zero attached hydrogens (tertiary/aromatic N) is 3. The van der Waals surface area contributed by atoms with E-state index in [4.69, 9.17) is 22.1 Å². The van der Waals surface area contributed by atoms with Crippen LogP contribution in [0.15, 0.2) is 47.6 Å². The zero-order valence-corrected chi connectivity index (χ0v) is 20.5. The molecule has 4 N–H and O–H groups in total. The summed E-state index contributed by atoms with van der Waals surface area (Å²) in [6, 6.07) is 11.4. The first-order chi connectivity index (χ1) is 14.5. The van der Waals surface area contributed by atoms with Gasteiger partial charge in [0.25, 0.3) is 5.91 Å². The Balaban J connectivity index is 0.00000341. The second-order valence-corrected chi connectivity index (χ2v) is 7.39. The molecule has 1 aromatic heterocycles. The van der Waals surface area contributed by atoms with Gasteiger partial charge in [-0.15, -0.1) is 24.0 Å². The second-order valence-electron chi connectivity index (χ2n) is 6.98. The predicted molar refractivity (Wildman–Crippen MR) is 134 cm³/mol. The fourth-order valence-corrected chi connectivity index (χ4v) is 3.49. The average Bonchev–Trinajstić information content (AvgIpc) is 3.19. The molecule has 1 aliphatic heterocycles. The van der Waals surface area contributed by atoms with Crippen molar-refractivity contribution in [3.8, 4) is 5.75 Å². The third kappa shape index (κ3) is 7.73. The van der Waals surface area contributed by atoms with Crippen LogP contribution in [0.3, 0.4) is 0 Å². The number of benzene rings is 1. The van der Waals surface area contributed by atoms with Crippen molar-refractivity contribution in [1.82, 2.24) is 15.6 Å². The first-order valence-corrected chi connectivity index (χ1v) is 10.3. The van der Waals surface area contributed by atoms with Gasteiger partial charge in [0.2, 0.25) is 0 Å². The lowest BCUT2D eigenvalue weighted by molar-refractivity contribution is -0.119. The van der Waals surface area contributed by atoms with Gasteiger partial charge in [-0.3, -0.25) is 4.79 Å². The Morgan fingerprint density at radius 1 is 1.39 bits per heavy atom. The Morgan fingerprint density at radius 3 is 2.97 bits per heavy atom. The second kappa shape index (κ2) is 12.6. The van der Waals surface area contributed by atoms with Gasteiger partial charge < -0.3 is 26.0 Å². The highest BCUT2D eigenvalue weighted by Crippen LogP contribution is 2.25. The average molecular weight is 559 g/mol. The number of halogens is 2. The van der Waals surface area contributed by atoms with E-state index in [0.717, 1.165) is 43.4 Å². The molecule has 1 atom stereocenters. The topological polar surface area (TPSA) is 105 Å². The molecule has 3 rings (SSSR count). The van der Waals surface area contributed by atoms with E-state index in [0.29, 0.717) is 17.3 Å². The van der Waals surface area contributed by atoms with E-state index >= 15 is 0 Å². The molecule has 0 saturated carbocycles. The minimum Gasteiger partial charge on any atom is -0.484 e. The van der Waals surface area contributed by atoms with Crippen LogP contribution in [-0.2, 0) is 11.3 Å². The quantitative estimate of drug-likeness (QED) is 0.261. The number of rotatable bonds is 8. The highest BCUT2D eigenvalue weighted by molar-refractivity contribution is 14.0. The Morgan fingerprint density at radius 2 is 2.23 bits per heavy atom. The van der Waals surface area contributed by atoms with Crippen molar-refractivity contribution in [2.24, 2.45) is 10.7 Å². The zero-order valence-electron chi connectivity index (χ0n) is 17.4. The summed E-state index contributed by atoms with van der Waals surface area (Å²) in [6.07, 6.45) is 2.72. The molecule has 1 aliphatic rings. The summed E-state index contributed by atoms with van der Waals surface area (Å²) in [7, 11) is 0. The van der Waals surface area contributed by atoms with Crippen LogP contribution in [0.4, 0.5) is 5.82 Å². The number of nitrogens with two attached hydrogens (primary N) is 1. The smallest absolute Gasteiger partial charge is 0.255 e. The SMILES string of the molecule is CCNC(=NCc1cccc(OCC(N)=O)c1)NC1CCN(c2ncccc2Cl)C1.I. The lowest BCUT2D eigenvalue weighted by atomic mass is 10.2. The summed E-state index contributed by atoms with van der Waals surface area (Å²) in [4.78, 5) is 22.2. The highest BCUT2D eigenvalue weighted by Gasteiger charge is 2.25. The summed E-state index contributed by atoms with van der Waals surface area (Å²) in [6.45, 7) is 4.81. The fourth-order valence-electron chi connectivity index (χ4n) is 3.25. The van der Waals surface area contributed by atoms with Crippen LogP contribution in [0, 0.1) is 0 Å². The first-order valence-electron chi connectivity index (χ1n) is 9.95. The van der Waals surface area contributed by atoms with Gasteiger partial charge in [-0.25, -0.2) is 9.98 Å². The fraction of sp³-hybridized carbons (Fsp3) is 0.381. The number of hydrogen-bond donors (Lipinski definition) is 3. The molecular formula is C21H28ClIN6O2. The molecule has 1 unspecified atom stereocenters. The normalized spacial score (nSPS) is 15.9. The summed E-state index contributed by atoms with van der Waals surface area (Å²) in [5.74, 6) is 1.66. The molecule has 8 nitrogen and oxygen atoms in total. The molecule has 0 bridgehead atoms. The maximum absolute atomic E-state index is 10.9.